The highest BCUT2D eigenvalue weighted by molar-refractivity contribution is 5.05. The van der Waals surface area contributed by atoms with Crippen molar-refractivity contribution in [1.82, 2.24) is 14.8 Å². The van der Waals surface area contributed by atoms with Crippen molar-refractivity contribution in [3.05, 3.63) is 12.2 Å². The molecule has 5 rings (SSSR count). The van der Waals surface area contributed by atoms with Gasteiger partial charge in [-0.1, -0.05) is 13.8 Å². The molecule has 1 aromatic heterocycles. The predicted octanol–water partition coefficient (Wildman–Crippen LogP) is 3.69. The van der Waals surface area contributed by atoms with Gasteiger partial charge >= 0.3 is 0 Å². The molecule has 4 saturated carbocycles. The van der Waals surface area contributed by atoms with E-state index in [0.29, 0.717) is 11.3 Å². The quantitative estimate of drug-likeness (QED) is 0.837. The van der Waals surface area contributed by atoms with Crippen LogP contribution < -0.4 is 0 Å². The largest absolute Gasteiger partial charge is 0.317 e. The molecule has 4 bridgehead atoms. The maximum absolute atomic E-state index is 4.46. The van der Waals surface area contributed by atoms with Crippen LogP contribution in [0.25, 0.3) is 0 Å². The lowest BCUT2D eigenvalue weighted by atomic mass is 9.49. The third-order valence-corrected chi connectivity index (χ3v) is 5.96. The SMILES string of the molecule is CC(C)Cn1cnnc1CC12CC3CC(CC(C3)C1)C2. The normalized spacial score (nSPS) is 38.9. The van der Waals surface area contributed by atoms with Crippen LogP contribution in [0.15, 0.2) is 6.33 Å². The van der Waals surface area contributed by atoms with E-state index in [9.17, 15) is 0 Å². The predicted molar refractivity (Wildman–Crippen MR) is 79.2 cm³/mol. The summed E-state index contributed by atoms with van der Waals surface area (Å²) in [4.78, 5) is 0. The molecule has 0 atom stereocenters. The van der Waals surface area contributed by atoms with Crippen molar-refractivity contribution in [3.63, 3.8) is 0 Å². The Balaban J connectivity index is 1.55. The van der Waals surface area contributed by atoms with E-state index < -0.39 is 0 Å². The fourth-order valence-electron chi connectivity index (χ4n) is 5.80. The van der Waals surface area contributed by atoms with Gasteiger partial charge in [-0.15, -0.1) is 10.2 Å². The Labute approximate surface area is 122 Å². The van der Waals surface area contributed by atoms with Crippen molar-refractivity contribution in [1.29, 1.82) is 0 Å². The number of rotatable bonds is 4. The van der Waals surface area contributed by atoms with E-state index in [1.54, 1.807) is 0 Å². The highest BCUT2D eigenvalue weighted by atomic mass is 15.3. The lowest BCUT2D eigenvalue weighted by molar-refractivity contribution is -0.0536. The Bertz CT molecular complexity index is 453. The Morgan fingerprint density at radius 1 is 1.15 bits per heavy atom. The van der Waals surface area contributed by atoms with Gasteiger partial charge in [0, 0.05) is 13.0 Å². The first kappa shape index (κ1) is 12.8. The van der Waals surface area contributed by atoms with E-state index in [-0.39, 0.29) is 0 Å². The van der Waals surface area contributed by atoms with Crippen LogP contribution in [-0.2, 0) is 13.0 Å². The van der Waals surface area contributed by atoms with Crippen LogP contribution in [0.5, 0.6) is 0 Å². The van der Waals surface area contributed by atoms with Crippen molar-refractivity contribution >= 4 is 0 Å². The van der Waals surface area contributed by atoms with E-state index in [1.165, 1.54) is 50.8 Å². The Morgan fingerprint density at radius 3 is 2.30 bits per heavy atom. The minimum atomic E-state index is 0.580. The fourth-order valence-corrected chi connectivity index (χ4v) is 5.80. The topological polar surface area (TPSA) is 30.7 Å². The van der Waals surface area contributed by atoms with E-state index in [1.807, 2.05) is 6.33 Å². The molecule has 4 fully saturated rings. The molecular weight excluding hydrogens is 246 g/mol. The molecule has 20 heavy (non-hydrogen) atoms. The third kappa shape index (κ3) is 2.19. The molecule has 0 aliphatic heterocycles. The second-order valence-corrected chi connectivity index (χ2v) is 8.39. The number of aromatic nitrogens is 3. The van der Waals surface area contributed by atoms with Crippen molar-refractivity contribution in [3.8, 4) is 0 Å². The summed E-state index contributed by atoms with van der Waals surface area (Å²) in [6.45, 7) is 5.61. The molecule has 0 unspecified atom stereocenters. The van der Waals surface area contributed by atoms with Crippen molar-refractivity contribution < 1.29 is 0 Å². The highest BCUT2D eigenvalue weighted by Gasteiger charge is 2.51. The molecule has 0 radical (unpaired) electrons. The van der Waals surface area contributed by atoms with Gasteiger partial charge in [-0.25, -0.2) is 0 Å². The van der Waals surface area contributed by atoms with Gasteiger partial charge in [0.25, 0.3) is 0 Å². The van der Waals surface area contributed by atoms with Crippen molar-refractivity contribution in [2.75, 3.05) is 0 Å². The summed E-state index contributed by atoms with van der Waals surface area (Å²) in [5.74, 6) is 5.01. The second kappa shape index (κ2) is 4.57. The Kier molecular flexibility index (Phi) is 2.94. The molecule has 0 aromatic carbocycles. The lowest BCUT2D eigenvalue weighted by Crippen LogP contribution is -2.47. The zero-order chi connectivity index (χ0) is 13.7. The van der Waals surface area contributed by atoms with Crippen LogP contribution in [0.1, 0.15) is 58.2 Å². The zero-order valence-electron chi connectivity index (χ0n) is 12.9. The average Bonchev–Trinajstić information content (AvgIpc) is 2.73. The van der Waals surface area contributed by atoms with Crippen molar-refractivity contribution in [2.24, 2.45) is 29.1 Å². The molecule has 0 amide bonds. The smallest absolute Gasteiger partial charge is 0.133 e. The highest BCUT2D eigenvalue weighted by Crippen LogP contribution is 2.60. The van der Waals surface area contributed by atoms with E-state index >= 15 is 0 Å². The summed E-state index contributed by atoms with van der Waals surface area (Å²) in [5, 5.41) is 8.64. The van der Waals surface area contributed by atoms with Gasteiger partial charge in [0.2, 0.25) is 0 Å². The van der Waals surface area contributed by atoms with Crippen LogP contribution >= 0.6 is 0 Å². The summed E-state index contributed by atoms with van der Waals surface area (Å²) in [7, 11) is 0. The van der Waals surface area contributed by atoms with E-state index in [2.05, 4.69) is 28.6 Å². The second-order valence-electron chi connectivity index (χ2n) is 8.39. The van der Waals surface area contributed by atoms with Crippen LogP contribution in [0.4, 0.5) is 0 Å². The summed E-state index contributed by atoms with van der Waals surface area (Å²) < 4.78 is 2.31. The summed E-state index contributed by atoms with van der Waals surface area (Å²) in [5.41, 5.74) is 0.580. The lowest BCUT2D eigenvalue weighted by Gasteiger charge is -2.56. The fraction of sp³-hybridized carbons (Fsp3) is 0.882. The number of nitrogens with zero attached hydrogens (tertiary/aromatic N) is 3. The van der Waals surface area contributed by atoms with Crippen molar-refractivity contribution in [2.45, 2.75) is 65.3 Å². The maximum atomic E-state index is 4.46. The van der Waals surface area contributed by atoms with Gasteiger partial charge in [-0.2, -0.15) is 0 Å². The molecule has 3 nitrogen and oxygen atoms in total. The molecular formula is C17H27N3. The van der Waals surface area contributed by atoms with Crippen LogP contribution in [0.3, 0.4) is 0 Å². The number of hydrogen-bond acceptors (Lipinski definition) is 2. The maximum Gasteiger partial charge on any atom is 0.133 e. The monoisotopic (exact) mass is 273 g/mol. The molecule has 0 spiro atoms. The minimum absolute atomic E-state index is 0.580. The molecule has 0 saturated heterocycles. The first-order chi connectivity index (χ1) is 9.62. The summed E-state index contributed by atoms with van der Waals surface area (Å²) in [6.07, 6.45) is 12.1. The van der Waals surface area contributed by atoms with E-state index in [0.717, 1.165) is 24.3 Å². The van der Waals surface area contributed by atoms with Crippen LogP contribution in [-0.4, -0.2) is 14.8 Å². The van der Waals surface area contributed by atoms with Gasteiger partial charge in [0.05, 0.1) is 0 Å². The average molecular weight is 273 g/mol. The van der Waals surface area contributed by atoms with Gasteiger partial charge in [-0.05, 0) is 67.6 Å². The zero-order valence-corrected chi connectivity index (χ0v) is 12.9. The third-order valence-electron chi connectivity index (χ3n) is 5.96. The molecule has 4 aliphatic carbocycles. The standard InChI is InChI=1S/C17H27N3/c1-12(2)10-20-11-18-19-16(20)9-17-6-13-3-14(7-17)5-15(4-13)8-17/h11-15H,3-10H2,1-2H3. The molecule has 1 heterocycles. The van der Waals surface area contributed by atoms with Gasteiger partial charge < -0.3 is 4.57 Å². The number of hydrogen-bond donors (Lipinski definition) is 0. The molecule has 0 N–H and O–H groups in total. The Morgan fingerprint density at radius 2 is 1.75 bits per heavy atom. The van der Waals surface area contributed by atoms with Gasteiger partial charge in [0.15, 0.2) is 0 Å². The first-order valence-corrected chi connectivity index (χ1v) is 8.48. The molecule has 110 valence electrons. The summed E-state index contributed by atoms with van der Waals surface area (Å²) in [6, 6.07) is 0. The van der Waals surface area contributed by atoms with Gasteiger partial charge in [0.1, 0.15) is 12.2 Å². The summed E-state index contributed by atoms with van der Waals surface area (Å²) >= 11 is 0. The van der Waals surface area contributed by atoms with Crippen LogP contribution in [0, 0.1) is 29.1 Å². The first-order valence-electron chi connectivity index (χ1n) is 8.48. The molecule has 4 aliphatic rings. The van der Waals surface area contributed by atoms with Crippen LogP contribution in [0.2, 0.25) is 0 Å². The Hall–Kier alpha value is -0.860. The minimum Gasteiger partial charge on any atom is -0.317 e. The van der Waals surface area contributed by atoms with E-state index in [4.69, 9.17) is 0 Å². The molecule has 1 aromatic rings. The molecule has 3 heteroatoms. The van der Waals surface area contributed by atoms with Gasteiger partial charge in [-0.3, -0.25) is 0 Å².